The van der Waals surface area contributed by atoms with Crippen molar-refractivity contribution in [3.05, 3.63) is 29.8 Å². The zero-order valence-corrected chi connectivity index (χ0v) is 9.36. The molecule has 0 bridgehead atoms. The Kier molecular flexibility index (Phi) is 4.41. The first-order chi connectivity index (χ1) is 7.69. The normalized spacial score (nSPS) is 11.1. The van der Waals surface area contributed by atoms with Gasteiger partial charge in [-0.2, -0.15) is 0 Å². The summed E-state index contributed by atoms with van der Waals surface area (Å²) in [5, 5.41) is 9.67. The summed E-state index contributed by atoms with van der Waals surface area (Å²) in [4.78, 5) is 11.2. The standard InChI is InChI=1S/C13H14O3/c1-3-6-10(9-13(15)16-2)11-7-4-5-8-12(11)14/h4-5,7-8,10,14H,9H2,1-2H3/t10-/m1/s1. The molecule has 0 aromatic heterocycles. The molecule has 0 unspecified atom stereocenters. The Bertz CT molecular complexity index is 426. The van der Waals surface area contributed by atoms with E-state index in [1.165, 1.54) is 7.11 Å². The van der Waals surface area contributed by atoms with Gasteiger partial charge in [0, 0.05) is 5.56 Å². The molecule has 0 saturated heterocycles. The quantitative estimate of drug-likeness (QED) is 0.624. The summed E-state index contributed by atoms with van der Waals surface area (Å²) in [6.45, 7) is 1.70. The van der Waals surface area contributed by atoms with E-state index in [-0.39, 0.29) is 24.1 Å². The molecule has 3 nitrogen and oxygen atoms in total. The Balaban J connectivity index is 2.97. The van der Waals surface area contributed by atoms with Crippen LogP contribution in [0.15, 0.2) is 24.3 Å². The van der Waals surface area contributed by atoms with E-state index in [0.717, 1.165) is 0 Å². The third kappa shape index (κ3) is 3.03. The lowest BCUT2D eigenvalue weighted by atomic mass is 9.95. The van der Waals surface area contributed by atoms with E-state index in [0.29, 0.717) is 5.56 Å². The van der Waals surface area contributed by atoms with Gasteiger partial charge in [-0.05, 0) is 13.0 Å². The van der Waals surface area contributed by atoms with Crippen LogP contribution in [0.25, 0.3) is 0 Å². The van der Waals surface area contributed by atoms with Crippen molar-refractivity contribution in [1.82, 2.24) is 0 Å². The first-order valence-corrected chi connectivity index (χ1v) is 4.96. The summed E-state index contributed by atoms with van der Waals surface area (Å²) in [7, 11) is 1.34. The van der Waals surface area contributed by atoms with Crippen LogP contribution in [0, 0.1) is 11.8 Å². The van der Waals surface area contributed by atoms with E-state index in [9.17, 15) is 9.90 Å². The van der Waals surface area contributed by atoms with Crippen LogP contribution in [0.5, 0.6) is 5.75 Å². The third-order valence-electron chi connectivity index (χ3n) is 2.23. The van der Waals surface area contributed by atoms with Crippen LogP contribution in [0.4, 0.5) is 0 Å². The Morgan fingerprint density at radius 3 is 2.75 bits per heavy atom. The van der Waals surface area contributed by atoms with Gasteiger partial charge in [0.25, 0.3) is 0 Å². The molecule has 16 heavy (non-hydrogen) atoms. The van der Waals surface area contributed by atoms with Crippen LogP contribution in [0.2, 0.25) is 0 Å². The molecule has 1 aromatic rings. The lowest BCUT2D eigenvalue weighted by Gasteiger charge is -2.11. The lowest BCUT2D eigenvalue weighted by Crippen LogP contribution is -2.07. The van der Waals surface area contributed by atoms with E-state index in [4.69, 9.17) is 0 Å². The number of benzene rings is 1. The van der Waals surface area contributed by atoms with Crippen molar-refractivity contribution in [3.63, 3.8) is 0 Å². The Morgan fingerprint density at radius 1 is 1.50 bits per heavy atom. The van der Waals surface area contributed by atoms with Gasteiger partial charge in [-0.1, -0.05) is 24.1 Å². The van der Waals surface area contributed by atoms with Crippen LogP contribution >= 0.6 is 0 Å². The van der Waals surface area contributed by atoms with Gasteiger partial charge in [-0.25, -0.2) is 0 Å². The summed E-state index contributed by atoms with van der Waals surface area (Å²) in [6, 6.07) is 6.87. The molecule has 0 radical (unpaired) electrons. The van der Waals surface area contributed by atoms with Crippen molar-refractivity contribution in [2.45, 2.75) is 19.3 Å². The van der Waals surface area contributed by atoms with Crippen molar-refractivity contribution < 1.29 is 14.6 Å². The third-order valence-corrected chi connectivity index (χ3v) is 2.23. The second-order valence-electron chi connectivity index (χ2n) is 3.29. The predicted molar refractivity (Wildman–Crippen MR) is 60.9 cm³/mol. The van der Waals surface area contributed by atoms with E-state index in [1.54, 1.807) is 31.2 Å². The highest BCUT2D eigenvalue weighted by atomic mass is 16.5. The molecule has 0 saturated carbocycles. The fourth-order valence-electron chi connectivity index (χ4n) is 1.45. The number of carbonyl (C=O) groups excluding carboxylic acids is 1. The van der Waals surface area contributed by atoms with Gasteiger partial charge in [0.15, 0.2) is 0 Å². The summed E-state index contributed by atoms with van der Waals surface area (Å²) in [5.41, 5.74) is 0.655. The van der Waals surface area contributed by atoms with E-state index in [1.807, 2.05) is 0 Å². The molecule has 1 aromatic carbocycles. The van der Waals surface area contributed by atoms with Crippen molar-refractivity contribution in [2.75, 3.05) is 7.11 Å². The molecule has 0 amide bonds. The molecule has 0 spiro atoms. The number of esters is 1. The number of methoxy groups -OCH3 is 1. The van der Waals surface area contributed by atoms with Gasteiger partial charge in [0.05, 0.1) is 19.4 Å². The molecular formula is C13H14O3. The number of carbonyl (C=O) groups is 1. The number of para-hydroxylation sites is 1. The number of ether oxygens (including phenoxy) is 1. The fourth-order valence-corrected chi connectivity index (χ4v) is 1.45. The van der Waals surface area contributed by atoms with Crippen molar-refractivity contribution in [3.8, 4) is 17.6 Å². The predicted octanol–water partition coefficient (Wildman–Crippen LogP) is 2.06. The highest BCUT2D eigenvalue weighted by Gasteiger charge is 2.16. The highest BCUT2D eigenvalue weighted by Crippen LogP contribution is 2.27. The number of hydrogen-bond donors (Lipinski definition) is 1. The summed E-state index contributed by atoms with van der Waals surface area (Å²) in [5.74, 6) is 5.14. The van der Waals surface area contributed by atoms with Crippen molar-refractivity contribution in [1.29, 1.82) is 0 Å². The largest absolute Gasteiger partial charge is 0.508 e. The lowest BCUT2D eigenvalue weighted by molar-refractivity contribution is -0.140. The van der Waals surface area contributed by atoms with Crippen LogP contribution in [0.3, 0.4) is 0 Å². The van der Waals surface area contributed by atoms with Crippen LogP contribution in [-0.4, -0.2) is 18.2 Å². The van der Waals surface area contributed by atoms with Crippen LogP contribution < -0.4 is 0 Å². The number of rotatable bonds is 3. The second kappa shape index (κ2) is 5.82. The molecule has 0 heterocycles. The maximum atomic E-state index is 11.2. The van der Waals surface area contributed by atoms with E-state index in [2.05, 4.69) is 16.6 Å². The fraction of sp³-hybridized carbons (Fsp3) is 0.308. The monoisotopic (exact) mass is 218 g/mol. The maximum absolute atomic E-state index is 11.2. The Labute approximate surface area is 95.1 Å². The molecule has 3 heteroatoms. The first kappa shape index (κ1) is 12.1. The van der Waals surface area contributed by atoms with Gasteiger partial charge in [-0.15, -0.1) is 5.92 Å². The van der Waals surface area contributed by atoms with Crippen molar-refractivity contribution >= 4 is 5.97 Å². The highest BCUT2D eigenvalue weighted by molar-refractivity contribution is 5.71. The summed E-state index contributed by atoms with van der Waals surface area (Å²) in [6.07, 6.45) is 0.148. The molecule has 0 aliphatic heterocycles. The average Bonchev–Trinajstić information content (AvgIpc) is 2.29. The zero-order chi connectivity index (χ0) is 12.0. The van der Waals surface area contributed by atoms with Gasteiger partial charge in [0.1, 0.15) is 5.75 Å². The minimum atomic E-state index is -0.337. The molecule has 0 fully saturated rings. The molecule has 84 valence electrons. The zero-order valence-electron chi connectivity index (χ0n) is 9.36. The number of phenolic OH excluding ortho intramolecular Hbond substituents is 1. The Hall–Kier alpha value is -1.95. The summed E-state index contributed by atoms with van der Waals surface area (Å²) < 4.78 is 4.60. The molecule has 1 atom stereocenters. The maximum Gasteiger partial charge on any atom is 0.307 e. The molecule has 1 rings (SSSR count). The smallest absolute Gasteiger partial charge is 0.307 e. The molecule has 0 aliphatic carbocycles. The SMILES string of the molecule is CC#C[C@H](CC(=O)OC)c1ccccc1O. The molecule has 0 aliphatic rings. The van der Waals surface area contributed by atoms with Crippen molar-refractivity contribution in [2.24, 2.45) is 0 Å². The van der Waals surface area contributed by atoms with Gasteiger partial charge < -0.3 is 9.84 Å². The summed E-state index contributed by atoms with van der Waals surface area (Å²) >= 11 is 0. The van der Waals surface area contributed by atoms with E-state index < -0.39 is 0 Å². The number of aromatic hydroxyl groups is 1. The Morgan fingerprint density at radius 2 is 2.19 bits per heavy atom. The number of phenols is 1. The van der Waals surface area contributed by atoms with E-state index >= 15 is 0 Å². The van der Waals surface area contributed by atoms with Gasteiger partial charge in [0.2, 0.25) is 0 Å². The van der Waals surface area contributed by atoms with Gasteiger partial charge >= 0.3 is 5.97 Å². The topological polar surface area (TPSA) is 46.5 Å². The van der Waals surface area contributed by atoms with Gasteiger partial charge in [-0.3, -0.25) is 4.79 Å². The van der Waals surface area contributed by atoms with Crippen LogP contribution in [-0.2, 0) is 9.53 Å². The second-order valence-corrected chi connectivity index (χ2v) is 3.29. The minimum Gasteiger partial charge on any atom is -0.508 e. The molecular weight excluding hydrogens is 204 g/mol. The number of hydrogen-bond acceptors (Lipinski definition) is 3. The first-order valence-electron chi connectivity index (χ1n) is 4.96. The molecule has 1 N–H and O–H groups in total. The minimum absolute atomic E-state index is 0.148. The van der Waals surface area contributed by atoms with Crippen LogP contribution in [0.1, 0.15) is 24.8 Å². The average molecular weight is 218 g/mol.